The Morgan fingerprint density at radius 3 is 1.02 bits per heavy atom. The SMILES string of the molecule is CC(C)C[C@H](CC(=O)[C@H](CCCN=C(N)N)NC(=O)[C@H](CCCN=C(N)N)CC(=O)[C@H](CCCN=C(N)N)NC(=O)[C@H](CCCCN)CC(=O)[C@H](CCCN=C(N)N)NC(=O)[C@@H](C)CC(C)C)C(=O)N[C@@H](CC(C)C)C(=O)C[C@@H](CO)C(N)=O. The zero-order valence-corrected chi connectivity index (χ0v) is 51.1. The number of carbonyl (C=O) groups excluding carboxylic acids is 9. The number of aliphatic hydroxyl groups is 1. The summed E-state index contributed by atoms with van der Waals surface area (Å²) in [6.07, 6.45) is 1.73. The van der Waals surface area contributed by atoms with Crippen molar-refractivity contribution in [3.63, 3.8) is 0 Å². The van der Waals surface area contributed by atoms with Gasteiger partial charge in [0.2, 0.25) is 29.5 Å². The van der Waals surface area contributed by atoms with E-state index in [1.807, 2.05) is 41.5 Å². The number of hydrogen-bond donors (Lipinski definition) is 15. The molecule has 480 valence electrons. The van der Waals surface area contributed by atoms with E-state index < -0.39 is 120 Å². The number of guanidine groups is 4. The summed E-state index contributed by atoms with van der Waals surface area (Å²) in [7, 11) is 0. The molecule has 0 aromatic rings. The number of Topliss-reactive ketones (excluding diaryl/α,β-unsaturated/α-hetero) is 4. The van der Waals surface area contributed by atoms with Gasteiger partial charge in [0.05, 0.1) is 36.7 Å². The zero-order valence-electron chi connectivity index (χ0n) is 51.1. The van der Waals surface area contributed by atoms with E-state index in [0.717, 1.165) is 0 Å². The van der Waals surface area contributed by atoms with Crippen LogP contribution in [0.5, 0.6) is 0 Å². The number of aliphatic hydroxyl groups excluding tert-OH is 1. The third kappa shape index (κ3) is 35.2. The van der Waals surface area contributed by atoms with E-state index >= 15 is 0 Å². The van der Waals surface area contributed by atoms with Crippen LogP contribution < -0.4 is 78.6 Å². The molecule has 9 atom stereocenters. The number of rotatable bonds is 48. The van der Waals surface area contributed by atoms with Crippen LogP contribution in [0.3, 0.4) is 0 Å². The molecule has 28 heteroatoms. The van der Waals surface area contributed by atoms with E-state index in [-0.39, 0.29) is 151 Å². The Bertz CT molecular complexity index is 2190. The third-order valence-electron chi connectivity index (χ3n) is 13.9. The third-order valence-corrected chi connectivity index (χ3v) is 13.9. The molecule has 0 bridgehead atoms. The van der Waals surface area contributed by atoms with Gasteiger partial charge in [0, 0.05) is 75.5 Å². The highest BCUT2D eigenvalue weighted by atomic mass is 16.3. The van der Waals surface area contributed by atoms with E-state index in [1.165, 1.54) is 0 Å². The van der Waals surface area contributed by atoms with Gasteiger partial charge in [0.1, 0.15) is 0 Å². The second-order valence-corrected chi connectivity index (χ2v) is 23.2. The van der Waals surface area contributed by atoms with Crippen molar-refractivity contribution < 1.29 is 48.3 Å². The summed E-state index contributed by atoms with van der Waals surface area (Å²) >= 11 is 0. The fourth-order valence-corrected chi connectivity index (χ4v) is 9.57. The first kappa shape index (κ1) is 77.0. The molecule has 0 heterocycles. The average molecular weight is 1190 g/mol. The Morgan fingerprint density at radius 2 is 0.679 bits per heavy atom. The lowest BCUT2D eigenvalue weighted by Gasteiger charge is -2.27. The molecular weight excluding hydrogens is 1080 g/mol. The summed E-state index contributed by atoms with van der Waals surface area (Å²) in [5, 5.41) is 21.1. The Morgan fingerprint density at radius 1 is 0.369 bits per heavy atom. The molecule has 0 fully saturated rings. The number of primary amides is 1. The van der Waals surface area contributed by atoms with Crippen molar-refractivity contribution >= 4 is 76.5 Å². The number of nitrogens with two attached hydrogens (primary N) is 10. The van der Waals surface area contributed by atoms with E-state index in [9.17, 15) is 48.3 Å². The Kier molecular flexibility index (Phi) is 39.2. The highest BCUT2D eigenvalue weighted by molar-refractivity contribution is 5.98. The number of amides is 5. The van der Waals surface area contributed by atoms with Crippen LogP contribution in [0.1, 0.15) is 164 Å². The van der Waals surface area contributed by atoms with Crippen LogP contribution in [-0.4, -0.2) is 145 Å². The normalized spacial score (nSPS) is 14.5. The second kappa shape index (κ2) is 42.8. The fraction of sp³-hybridized carbons (Fsp3) is 0.768. The first-order valence-electron chi connectivity index (χ1n) is 29.6. The van der Waals surface area contributed by atoms with E-state index in [2.05, 4.69) is 41.2 Å². The molecule has 0 aliphatic carbocycles. The quantitative estimate of drug-likeness (QED) is 0.0194. The number of ketones is 4. The van der Waals surface area contributed by atoms with Crippen molar-refractivity contribution in [2.24, 2.45) is 125 Å². The van der Waals surface area contributed by atoms with Gasteiger partial charge < -0.3 is 83.7 Å². The highest BCUT2D eigenvalue weighted by Crippen LogP contribution is 2.24. The molecule has 0 radical (unpaired) electrons. The first-order chi connectivity index (χ1) is 39.4. The molecule has 0 saturated carbocycles. The van der Waals surface area contributed by atoms with Crippen LogP contribution in [0.25, 0.3) is 0 Å². The van der Waals surface area contributed by atoms with Crippen molar-refractivity contribution in [1.82, 2.24) is 21.3 Å². The molecule has 0 aromatic heterocycles. The number of aliphatic imine (C=N–C) groups is 4. The molecule has 0 aliphatic rings. The lowest BCUT2D eigenvalue weighted by molar-refractivity contribution is -0.136. The Balaban J connectivity index is 7.36. The largest absolute Gasteiger partial charge is 0.396 e. The maximum absolute atomic E-state index is 14.7. The maximum atomic E-state index is 14.7. The highest BCUT2D eigenvalue weighted by Gasteiger charge is 2.36. The van der Waals surface area contributed by atoms with Gasteiger partial charge in [0.15, 0.2) is 47.0 Å². The van der Waals surface area contributed by atoms with Crippen LogP contribution in [0.15, 0.2) is 20.0 Å². The molecule has 25 N–H and O–H groups in total. The topological polar surface area (TPSA) is 532 Å². The van der Waals surface area contributed by atoms with Crippen LogP contribution in [0, 0.1) is 47.3 Å². The lowest BCUT2D eigenvalue weighted by atomic mass is 9.87. The maximum Gasteiger partial charge on any atom is 0.224 e. The fourth-order valence-electron chi connectivity index (χ4n) is 9.57. The number of hydrogen-bond acceptors (Lipinski definition) is 15. The molecule has 0 unspecified atom stereocenters. The van der Waals surface area contributed by atoms with Gasteiger partial charge in [-0.3, -0.25) is 63.1 Å². The molecule has 84 heavy (non-hydrogen) atoms. The molecule has 5 amide bonds. The average Bonchev–Trinajstić information content (AvgIpc) is 3.47. The predicted molar refractivity (Wildman–Crippen MR) is 327 cm³/mol. The van der Waals surface area contributed by atoms with Crippen molar-refractivity contribution in [3.8, 4) is 0 Å². The summed E-state index contributed by atoms with van der Waals surface area (Å²) < 4.78 is 0. The van der Waals surface area contributed by atoms with Gasteiger partial charge in [0.25, 0.3) is 0 Å². The number of nitrogens with zero attached hydrogens (tertiary/aromatic N) is 4. The van der Waals surface area contributed by atoms with Gasteiger partial charge in [-0.2, -0.15) is 0 Å². The minimum atomic E-state index is -1.24. The van der Waals surface area contributed by atoms with Gasteiger partial charge >= 0.3 is 0 Å². The summed E-state index contributed by atoms with van der Waals surface area (Å²) in [5.41, 5.74) is 55.9. The minimum Gasteiger partial charge on any atom is -0.396 e. The number of carbonyl (C=O) groups is 9. The molecule has 0 rings (SSSR count). The molecule has 0 spiro atoms. The van der Waals surface area contributed by atoms with Crippen LogP contribution in [-0.2, 0) is 43.2 Å². The first-order valence-corrected chi connectivity index (χ1v) is 29.6. The van der Waals surface area contributed by atoms with E-state index in [0.29, 0.717) is 32.2 Å². The van der Waals surface area contributed by atoms with Crippen LogP contribution in [0.2, 0.25) is 0 Å². The Labute approximate surface area is 496 Å². The van der Waals surface area contributed by atoms with Crippen molar-refractivity contribution in [2.75, 3.05) is 39.3 Å². The van der Waals surface area contributed by atoms with E-state index in [1.54, 1.807) is 6.92 Å². The van der Waals surface area contributed by atoms with Gasteiger partial charge in [-0.05, 0) is 108 Å². The zero-order chi connectivity index (χ0) is 64.1. The van der Waals surface area contributed by atoms with Gasteiger partial charge in [-0.25, -0.2) is 0 Å². The van der Waals surface area contributed by atoms with Crippen molar-refractivity contribution in [1.29, 1.82) is 0 Å². The van der Waals surface area contributed by atoms with Crippen LogP contribution in [0.4, 0.5) is 0 Å². The summed E-state index contributed by atoms with van der Waals surface area (Å²) in [5.74, 6) is -10.6. The standard InChI is InChI=1S/C56H106N18O10/c1-32(2)24-35(7)49(81)71-40(16-11-21-68-54(61)62)44(76)27-36(14-8-9-19-57)50(82)72-41(17-12-22-69-55(63)64)45(77)28-37(15-10-20-67-53(59)60)51(83)73-42(18-13-23-70-56(65)66)46(78)29-38(25-33(3)4)52(84)74-43(26-34(5)6)47(79)30-39(31-75)48(58)80/h32-43,75H,8-31,57H2,1-7H3,(H2,58,80)(H,71,81)(H,72,82)(H,73,83)(H,74,84)(H4,59,60,67)(H4,61,62,68)(H4,63,64,69)(H4,65,66,70)/t35-,36+,37+,38+,39-,40-,41-,42-,43-/m0/s1. The smallest absolute Gasteiger partial charge is 0.224 e. The van der Waals surface area contributed by atoms with Gasteiger partial charge in [-0.15, -0.1) is 0 Å². The molecule has 28 nitrogen and oxygen atoms in total. The monoisotopic (exact) mass is 1190 g/mol. The second-order valence-electron chi connectivity index (χ2n) is 23.2. The summed E-state index contributed by atoms with van der Waals surface area (Å²) in [4.78, 5) is 142. The molecular formula is C56H106N18O10. The van der Waals surface area contributed by atoms with Crippen molar-refractivity contribution in [3.05, 3.63) is 0 Å². The minimum absolute atomic E-state index is 0.00167. The Hall–Kier alpha value is -6.97. The summed E-state index contributed by atoms with van der Waals surface area (Å²) in [6, 6.07) is -4.52. The molecule has 0 saturated heterocycles. The number of unbranched alkanes of at least 4 members (excludes halogenated alkanes) is 1. The predicted octanol–water partition coefficient (Wildman–Crippen LogP) is -1.18. The lowest BCUT2D eigenvalue weighted by Crippen LogP contribution is -2.49. The molecule has 0 aromatic carbocycles. The van der Waals surface area contributed by atoms with Crippen LogP contribution >= 0.6 is 0 Å². The number of nitrogens with one attached hydrogen (secondary N) is 4. The summed E-state index contributed by atoms with van der Waals surface area (Å²) in [6.45, 7) is 13.2. The van der Waals surface area contributed by atoms with E-state index in [4.69, 9.17) is 57.3 Å². The molecule has 0 aliphatic heterocycles. The van der Waals surface area contributed by atoms with Gasteiger partial charge in [-0.1, -0.05) is 54.9 Å². The van der Waals surface area contributed by atoms with Crippen molar-refractivity contribution in [2.45, 2.75) is 188 Å².